The summed E-state index contributed by atoms with van der Waals surface area (Å²) in [4.78, 5) is 29.2. The predicted molar refractivity (Wildman–Crippen MR) is 118 cm³/mol. The molecule has 0 bridgehead atoms. The van der Waals surface area contributed by atoms with Gasteiger partial charge in [0.05, 0.1) is 23.9 Å². The number of urea groups is 1. The fourth-order valence-electron chi connectivity index (χ4n) is 3.99. The molecule has 31 heavy (non-hydrogen) atoms. The van der Waals surface area contributed by atoms with Crippen molar-refractivity contribution in [3.63, 3.8) is 0 Å². The monoisotopic (exact) mass is 411 g/mol. The number of anilines is 1. The van der Waals surface area contributed by atoms with Gasteiger partial charge in [-0.2, -0.15) is 0 Å². The Balaban J connectivity index is 1.42. The molecule has 0 radical (unpaired) electrons. The molecule has 3 aromatic carbocycles. The van der Waals surface area contributed by atoms with E-state index in [0.717, 1.165) is 22.7 Å². The normalized spacial score (nSPS) is 18.2. The Morgan fingerprint density at radius 3 is 2.13 bits per heavy atom. The molecule has 5 rings (SSSR count). The maximum Gasteiger partial charge on any atom is 0.322 e. The van der Waals surface area contributed by atoms with Gasteiger partial charge in [0.1, 0.15) is 11.5 Å². The summed E-state index contributed by atoms with van der Waals surface area (Å²) in [5, 5.41) is 2.95. The fourth-order valence-corrected chi connectivity index (χ4v) is 3.99. The van der Waals surface area contributed by atoms with Gasteiger partial charge in [0.25, 0.3) is 5.91 Å². The molecule has 0 aromatic heterocycles. The zero-order valence-electron chi connectivity index (χ0n) is 17.0. The first-order valence-corrected chi connectivity index (χ1v) is 10.1. The summed E-state index contributed by atoms with van der Waals surface area (Å²) in [5.74, 6) is 1.34. The zero-order valence-corrected chi connectivity index (χ0v) is 17.0. The van der Waals surface area contributed by atoms with Crippen LogP contribution in [0.15, 0.2) is 96.2 Å². The lowest BCUT2D eigenvalue weighted by atomic mass is 9.96. The summed E-state index contributed by atoms with van der Waals surface area (Å²) in [5.41, 5.74) is 2.98. The summed E-state index contributed by atoms with van der Waals surface area (Å²) in [6, 6.07) is 25.8. The molecule has 0 spiro atoms. The van der Waals surface area contributed by atoms with Crippen molar-refractivity contribution in [2.45, 2.75) is 6.04 Å². The number of rotatable bonds is 4. The lowest BCUT2D eigenvalue weighted by molar-refractivity contribution is -0.114. The van der Waals surface area contributed by atoms with Gasteiger partial charge in [-0.25, -0.2) is 4.79 Å². The number of hydrogen-bond acceptors (Lipinski definition) is 3. The lowest BCUT2D eigenvalue weighted by Gasteiger charge is -2.31. The smallest absolute Gasteiger partial charge is 0.322 e. The number of ether oxygens (including phenoxy) is 1. The maximum atomic E-state index is 13.4. The first kappa shape index (κ1) is 18.9. The van der Waals surface area contributed by atoms with E-state index in [-0.39, 0.29) is 11.9 Å². The van der Waals surface area contributed by atoms with Crippen molar-refractivity contribution in [2.24, 2.45) is 0 Å². The molecule has 2 aliphatic rings. The van der Waals surface area contributed by atoms with Crippen LogP contribution in [0.2, 0.25) is 0 Å². The second kappa shape index (κ2) is 7.65. The minimum Gasteiger partial charge on any atom is -0.457 e. The highest BCUT2D eigenvalue weighted by Gasteiger charge is 2.43. The van der Waals surface area contributed by atoms with Crippen molar-refractivity contribution in [1.29, 1.82) is 0 Å². The molecule has 0 unspecified atom stereocenters. The van der Waals surface area contributed by atoms with Gasteiger partial charge < -0.3 is 15.0 Å². The van der Waals surface area contributed by atoms with Gasteiger partial charge in [0.2, 0.25) is 0 Å². The Hall–Kier alpha value is -4.06. The molecule has 6 nitrogen and oxygen atoms in total. The molecule has 6 heteroatoms. The van der Waals surface area contributed by atoms with E-state index < -0.39 is 6.04 Å². The second-order valence-corrected chi connectivity index (χ2v) is 7.51. The quantitative estimate of drug-likeness (QED) is 0.689. The number of nitrogens with one attached hydrogen (secondary N) is 1. The van der Waals surface area contributed by atoms with Gasteiger partial charge in [-0.05, 0) is 42.0 Å². The molecule has 1 atom stereocenters. The Morgan fingerprint density at radius 2 is 1.45 bits per heavy atom. The summed E-state index contributed by atoms with van der Waals surface area (Å²) in [6.07, 6.45) is 0. The third-order valence-corrected chi connectivity index (χ3v) is 5.62. The Kier molecular flexibility index (Phi) is 4.67. The van der Waals surface area contributed by atoms with Crippen molar-refractivity contribution in [3.8, 4) is 11.5 Å². The maximum absolute atomic E-state index is 13.4. The van der Waals surface area contributed by atoms with Gasteiger partial charge in [-0.3, -0.25) is 9.69 Å². The van der Waals surface area contributed by atoms with E-state index in [1.807, 2.05) is 84.9 Å². The Bertz CT molecular complexity index is 1160. The molecule has 3 amide bonds. The molecule has 2 heterocycles. The van der Waals surface area contributed by atoms with Crippen molar-refractivity contribution in [2.75, 3.05) is 18.5 Å². The molecule has 0 saturated heterocycles. The van der Waals surface area contributed by atoms with E-state index in [9.17, 15) is 9.59 Å². The van der Waals surface area contributed by atoms with Crippen molar-refractivity contribution in [1.82, 2.24) is 10.2 Å². The van der Waals surface area contributed by atoms with Crippen LogP contribution >= 0.6 is 0 Å². The third kappa shape index (κ3) is 3.42. The highest BCUT2D eigenvalue weighted by molar-refractivity contribution is 6.11. The molecule has 154 valence electrons. The Morgan fingerprint density at radius 1 is 0.839 bits per heavy atom. The van der Waals surface area contributed by atoms with Crippen LogP contribution in [0, 0.1) is 0 Å². The second-order valence-electron chi connectivity index (χ2n) is 7.51. The molecular weight excluding hydrogens is 390 g/mol. The van der Waals surface area contributed by atoms with Crippen LogP contribution < -0.4 is 15.0 Å². The van der Waals surface area contributed by atoms with E-state index in [2.05, 4.69) is 5.32 Å². The van der Waals surface area contributed by atoms with Gasteiger partial charge in [0, 0.05) is 12.7 Å². The van der Waals surface area contributed by atoms with Crippen LogP contribution in [0.3, 0.4) is 0 Å². The topological polar surface area (TPSA) is 61.9 Å². The largest absolute Gasteiger partial charge is 0.457 e. The molecule has 1 N–H and O–H groups in total. The number of amides is 3. The minimum absolute atomic E-state index is 0.104. The average molecular weight is 411 g/mol. The average Bonchev–Trinajstić information content (AvgIpc) is 3.15. The minimum atomic E-state index is -0.460. The number of likely N-dealkylation sites (N-methyl/N-ethyl adjacent to an activating group) is 1. The molecule has 3 aromatic rings. The fraction of sp³-hybridized carbons (Fsp3) is 0.120. The predicted octanol–water partition coefficient (Wildman–Crippen LogP) is 4.48. The highest BCUT2D eigenvalue weighted by Crippen LogP contribution is 2.38. The molecule has 2 aliphatic heterocycles. The summed E-state index contributed by atoms with van der Waals surface area (Å²) < 4.78 is 5.85. The van der Waals surface area contributed by atoms with E-state index in [1.165, 1.54) is 4.90 Å². The summed E-state index contributed by atoms with van der Waals surface area (Å²) >= 11 is 0. The summed E-state index contributed by atoms with van der Waals surface area (Å²) in [6.45, 7) is 0.348. The first-order valence-electron chi connectivity index (χ1n) is 10.1. The van der Waals surface area contributed by atoms with Crippen LogP contribution in [0.1, 0.15) is 11.6 Å². The van der Waals surface area contributed by atoms with Gasteiger partial charge in [0.15, 0.2) is 0 Å². The number of para-hydroxylation sites is 1. The van der Waals surface area contributed by atoms with Gasteiger partial charge in [-0.15, -0.1) is 0 Å². The molecule has 0 aliphatic carbocycles. The lowest BCUT2D eigenvalue weighted by Crippen LogP contribution is -2.45. The highest BCUT2D eigenvalue weighted by atomic mass is 16.5. The van der Waals surface area contributed by atoms with E-state index >= 15 is 0 Å². The third-order valence-electron chi connectivity index (χ3n) is 5.62. The van der Waals surface area contributed by atoms with Crippen molar-refractivity contribution < 1.29 is 14.3 Å². The van der Waals surface area contributed by atoms with E-state index in [1.54, 1.807) is 11.9 Å². The SMILES string of the molecule is CN1C(=O)N[C@@H](c2ccccc2)C2=C1CN(c1ccc(Oc3ccccc3)cc1)C2=O. The van der Waals surface area contributed by atoms with Crippen molar-refractivity contribution >= 4 is 17.6 Å². The van der Waals surface area contributed by atoms with E-state index in [0.29, 0.717) is 17.9 Å². The number of carbonyl (C=O) groups is 2. The summed E-state index contributed by atoms with van der Waals surface area (Å²) in [7, 11) is 1.69. The Labute approximate surface area is 180 Å². The van der Waals surface area contributed by atoms with Crippen LogP contribution in [0.25, 0.3) is 0 Å². The number of nitrogens with zero attached hydrogens (tertiary/aromatic N) is 2. The van der Waals surface area contributed by atoms with Crippen LogP contribution in [-0.4, -0.2) is 30.4 Å². The van der Waals surface area contributed by atoms with Crippen LogP contribution in [-0.2, 0) is 4.79 Å². The van der Waals surface area contributed by atoms with Crippen LogP contribution in [0.5, 0.6) is 11.5 Å². The van der Waals surface area contributed by atoms with Crippen molar-refractivity contribution in [3.05, 3.63) is 102 Å². The number of carbonyl (C=O) groups excluding carboxylic acids is 2. The molecule has 0 fully saturated rings. The van der Waals surface area contributed by atoms with Gasteiger partial charge in [-0.1, -0.05) is 48.5 Å². The zero-order chi connectivity index (χ0) is 21.4. The standard InChI is InChI=1S/C25H21N3O3/c1-27-21-16-28(18-12-14-20(15-13-18)31-19-10-6-3-7-11-19)24(29)22(21)23(26-25(27)30)17-8-4-2-5-9-17/h2-15,23H,16H2,1H3,(H,26,30)/t23-/m0/s1. The van der Waals surface area contributed by atoms with Crippen LogP contribution in [0.4, 0.5) is 10.5 Å². The number of hydrogen-bond donors (Lipinski definition) is 1. The molecule has 0 saturated carbocycles. The number of benzene rings is 3. The van der Waals surface area contributed by atoms with E-state index in [4.69, 9.17) is 4.74 Å². The molecular formula is C25H21N3O3. The van der Waals surface area contributed by atoms with Gasteiger partial charge >= 0.3 is 6.03 Å². The first-order chi connectivity index (χ1) is 15.1.